The van der Waals surface area contributed by atoms with E-state index in [2.05, 4.69) is 49.2 Å². The molecule has 1 aromatic carbocycles. The van der Waals surface area contributed by atoms with Crippen molar-refractivity contribution in [3.8, 4) is 0 Å². The van der Waals surface area contributed by atoms with Gasteiger partial charge in [-0.05, 0) is 38.9 Å². The molecule has 22 heavy (non-hydrogen) atoms. The highest BCUT2D eigenvalue weighted by atomic mass is 16.5. The SMILES string of the molecule is Cc1ccc(C)c(C(C)NC(=O)CN(C)CC2(C)COC2)c1. The molecule has 4 heteroatoms. The largest absolute Gasteiger partial charge is 0.380 e. The predicted octanol–water partition coefficient (Wildman–Crippen LogP) is 2.45. The maximum absolute atomic E-state index is 12.2. The second kappa shape index (κ2) is 6.80. The summed E-state index contributed by atoms with van der Waals surface area (Å²) in [7, 11) is 1.99. The molecule has 1 atom stereocenters. The van der Waals surface area contributed by atoms with Crippen LogP contribution < -0.4 is 5.32 Å². The monoisotopic (exact) mass is 304 g/mol. The fraction of sp³-hybridized carbons (Fsp3) is 0.611. The van der Waals surface area contributed by atoms with Crippen molar-refractivity contribution in [3.63, 3.8) is 0 Å². The van der Waals surface area contributed by atoms with Crippen LogP contribution in [0, 0.1) is 19.3 Å². The topological polar surface area (TPSA) is 41.6 Å². The molecule has 0 saturated carbocycles. The molecule has 1 aromatic rings. The Bertz CT molecular complexity index is 538. The summed E-state index contributed by atoms with van der Waals surface area (Å²) in [6.07, 6.45) is 0. The van der Waals surface area contributed by atoms with Crippen LogP contribution >= 0.6 is 0 Å². The van der Waals surface area contributed by atoms with Crippen molar-refractivity contribution in [1.82, 2.24) is 10.2 Å². The Labute approximate surface area is 133 Å². The van der Waals surface area contributed by atoms with Gasteiger partial charge in [0.25, 0.3) is 0 Å². The molecule has 1 heterocycles. The molecule has 1 aliphatic rings. The van der Waals surface area contributed by atoms with E-state index >= 15 is 0 Å². The first kappa shape index (κ1) is 17.0. The number of rotatable bonds is 6. The quantitative estimate of drug-likeness (QED) is 0.878. The van der Waals surface area contributed by atoms with Crippen molar-refractivity contribution >= 4 is 5.91 Å². The lowest BCUT2D eigenvalue weighted by atomic mass is 9.88. The Morgan fingerprint density at radius 2 is 2.09 bits per heavy atom. The molecule has 1 unspecified atom stereocenters. The Morgan fingerprint density at radius 3 is 2.68 bits per heavy atom. The molecule has 1 amide bonds. The van der Waals surface area contributed by atoms with Crippen LogP contribution in [0.5, 0.6) is 0 Å². The maximum atomic E-state index is 12.2. The first-order valence-electron chi connectivity index (χ1n) is 7.92. The Kier molecular flexibility index (Phi) is 5.24. The number of nitrogens with one attached hydrogen (secondary N) is 1. The second-order valence-corrected chi connectivity index (χ2v) is 7.12. The van der Waals surface area contributed by atoms with Crippen LogP contribution in [0.15, 0.2) is 18.2 Å². The Hall–Kier alpha value is -1.39. The highest BCUT2D eigenvalue weighted by molar-refractivity contribution is 5.78. The van der Waals surface area contributed by atoms with Gasteiger partial charge in [-0.25, -0.2) is 0 Å². The van der Waals surface area contributed by atoms with Crippen LogP contribution in [-0.2, 0) is 9.53 Å². The zero-order valence-electron chi connectivity index (χ0n) is 14.4. The summed E-state index contributed by atoms with van der Waals surface area (Å²) in [6.45, 7) is 11.3. The summed E-state index contributed by atoms with van der Waals surface area (Å²) in [5.74, 6) is 0.0692. The van der Waals surface area contributed by atoms with E-state index in [4.69, 9.17) is 4.74 Å². The van der Waals surface area contributed by atoms with Gasteiger partial charge < -0.3 is 10.1 Å². The van der Waals surface area contributed by atoms with Crippen molar-refractivity contribution in [1.29, 1.82) is 0 Å². The average molecular weight is 304 g/mol. The highest BCUT2D eigenvalue weighted by Crippen LogP contribution is 2.27. The van der Waals surface area contributed by atoms with Gasteiger partial charge in [0.05, 0.1) is 25.8 Å². The van der Waals surface area contributed by atoms with Gasteiger partial charge >= 0.3 is 0 Å². The number of benzene rings is 1. The second-order valence-electron chi connectivity index (χ2n) is 7.12. The summed E-state index contributed by atoms with van der Waals surface area (Å²) < 4.78 is 5.26. The molecular weight excluding hydrogens is 276 g/mol. The van der Waals surface area contributed by atoms with Crippen molar-refractivity contribution in [3.05, 3.63) is 34.9 Å². The van der Waals surface area contributed by atoms with Gasteiger partial charge in [-0.2, -0.15) is 0 Å². The Morgan fingerprint density at radius 1 is 1.41 bits per heavy atom. The van der Waals surface area contributed by atoms with Crippen LogP contribution in [0.2, 0.25) is 0 Å². The van der Waals surface area contributed by atoms with Crippen LogP contribution in [0.1, 0.15) is 36.6 Å². The minimum Gasteiger partial charge on any atom is -0.380 e. The van der Waals surface area contributed by atoms with E-state index in [1.165, 1.54) is 16.7 Å². The molecule has 1 aliphatic heterocycles. The number of nitrogens with zero attached hydrogens (tertiary/aromatic N) is 1. The van der Waals surface area contributed by atoms with Gasteiger partial charge in [-0.15, -0.1) is 0 Å². The molecule has 4 nitrogen and oxygen atoms in total. The maximum Gasteiger partial charge on any atom is 0.234 e. The Balaban J connectivity index is 1.86. The lowest BCUT2D eigenvalue weighted by Gasteiger charge is -2.40. The summed E-state index contributed by atoms with van der Waals surface area (Å²) in [5.41, 5.74) is 3.83. The third-order valence-corrected chi connectivity index (χ3v) is 4.24. The van der Waals surface area contributed by atoms with E-state index < -0.39 is 0 Å². The lowest BCUT2D eigenvalue weighted by Crippen LogP contribution is -2.49. The fourth-order valence-electron chi connectivity index (χ4n) is 3.09. The van der Waals surface area contributed by atoms with E-state index in [1.807, 2.05) is 14.0 Å². The summed E-state index contributed by atoms with van der Waals surface area (Å²) in [6, 6.07) is 6.39. The van der Waals surface area contributed by atoms with Gasteiger partial charge in [0, 0.05) is 12.0 Å². The van der Waals surface area contributed by atoms with Gasteiger partial charge in [0.15, 0.2) is 0 Å². The first-order chi connectivity index (χ1) is 10.3. The van der Waals surface area contributed by atoms with Crippen molar-refractivity contribution in [2.45, 2.75) is 33.7 Å². The van der Waals surface area contributed by atoms with Gasteiger partial charge in [0.1, 0.15) is 0 Å². The van der Waals surface area contributed by atoms with E-state index in [0.717, 1.165) is 19.8 Å². The van der Waals surface area contributed by atoms with Crippen LogP contribution in [0.3, 0.4) is 0 Å². The summed E-state index contributed by atoms with van der Waals surface area (Å²) in [5, 5.41) is 3.11. The molecule has 0 aromatic heterocycles. The molecule has 0 radical (unpaired) electrons. The zero-order chi connectivity index (χ0) is 16.3. The highest BCUT2D eigenvalue weighted by Gasteiger charge is 2.34. The minimum atomic E-state index is 0.0309. The number of hydrogen-bond acceptors (Lipinski definition) is 3. The van der Waals surface area contributed by atoms with E-state index in [0.29, 0.717) is 6.54 Å². The summed E-state index contributed by atoms with van der Waals surface area (Å²) in [4.78, 5) is 14.3. The molecule has 122 valence electrons. The zero-order valence-corrected chi connectivity index (χ0v) is 14.4. The molecule has 0 aliphatic carbocycles. The molecule has 0 bridgehead atoms. The summed E-state index contributed by atoms with van der Waals surface area (Å²) >= 11 is 0. The molecule has 0 spiro atoms. The van der Waals surface area contributed by atoms with Crippen LogP contribution in [-0.4, -0.2) is 44.2 Å². The van der Waals surface area contributed by atoms with Gasteiger partial charge in [-0.3, -0.25) is 9.69 Å². The molecule has 1 saturated heterocycles. The van der Waals surface area contributed by atoms with Gasteiger partial charge in [-0.1, -0.05) is 30.7 Å². The number of likely N-dealkylation sites (N-methyl/N-ethyl adjacent to an activating group) is 1. The molecule has 1 N–H and O–H groups in total. The third-order valence-electron chi connectivity index (χ3n) is 4.24. The number of carbonyl (C=O) groups is 1. The number of carbonyl (C=O) groups excluding carboxylic acids is 1. The standard InChI is InChI=1S/C18H28N2O2/c1-13-6-7-14(2)16(8-13)15(3)19-17(21)9-20(5)10-18(4)11-22-12-18/h6-8,15H,9-12H2,1-5H3,(H,19,21). The molecule has 2 rings (SSSR count). The lowest BCUT2D eigenvalue weighted by molar-refractivity contribution is -0.128. The minimum absolute atomic E-state index is 0.0309. The fourth-order valence-corrected chi connectivity index (χ4v) is 3.09. The normalized spacial score (nSPS) is 17.9. The predicted molar refractivity (Wildman–Crippen MR) is 88.9 cm³/mol. The van der Waals surface area contributed by atoms with Crippen LogP contribution in [0.25, 0.3) is 0 Å². The molecular formula is C18H28N2O2. The number of ether oxygens (including phenoxy) is 1. The third kappa shape index (κ3) is 4.31. The molecule has 1 fully saturated rings. The number of amides is 1. The van der Waals surface area contributed by atoms with E-state index in [-0.39, 0.29) is 17.4 Å². The van der Waals surface area contributed by atoms with Crippen molar-refractivity contribution in [2.24, 2.45) is 5.41 Å². The van der Waals surface area contributed by atoms with E-state index in [9.17, 15) is 4.79 Å². The average Bonchev–Trinajstić information content (AvgIpc) is 2.39. The smallest absolute Gasteiger partial charge is 0.234 e. The van der Waals surface area contributed by atoms with Crippen molar-refractivity contribution < 1.29 is 9.53 Å². The van der Waals surface area contributed by atoms with Crippen LogP contribution in [0.4, 0.5) is 0 Å². The van der Waals surface area contributed by atoms with E-state index in [1.54, 1.807) is 0 Å². The number of aryl methyl sites for hydroxylation is 2. The first-order valence-corrected chi connectivity index (χ1v) is 7.92. The number of hydrogen-bond donors (Lipinski definition) is 1. The van der Waals surface area contributed by atoms with Crippen molar-refractivity contribution in [2.75, 3.05) is 33.4 Å². The van der Waals surface area contributed by atoms with Gasteiger partial charge in [0.2, 0.25) is 5.91 Å².